The Morgan fingerprint density at radius 1 is 0.298 bits per heavy atom. The molecule has 0 aliphatic rings. The molecule has 0 aliphatic heterocycles. The van der Waals surface area contributed by atoms with Gasteiger partial charge in [0.15, 0.2) is 28.9 Å². The molecule has 266 valence electrons. The van der Waals surface area contributed by atoms with Gasteiger partial charge in [0, 0.05) is 49.2 Å². The second-order valence-electron chi connectivity index (χ2n) is 14.0. The molecule has 0 amide bonds. The molecule has 8 heteroatoms. The highest BCUT2D eigenvalue weighted by Crippen LogP contribution is 2.43. The predicted octanol–water partition coefficient (Wildman–Crippen LogP) is 12.7. The summed E-state index contributed by atoms with van der Waals surface area (Å²) in [6, 6.07) is 54.1. The van der Waals surface area contributed by atoms with Crippen molar-refractivity contribution in [2.75, 3.05) is 0 Å². The summed E-state index contributed by atoms with van der Waals surface area (Å²) in [6.07, 6.45) is 0. The predicted molar refractivity (Wildman–Crippen MR) is 224 cm³/mol. The summed E-state index contributed by atoms with van der Waals surface area (Å²) in [5.41, 5.74) is 9.94. The number of rotatable bonds is 5. The maximum absolute atomic E-state index is 6.60. The summed E-state index contributed by atoms with van der Waals surface area (Å²) >= 11 is 0. The van der Waals surface area contributed by atoms with E-state index in [1.807, 2.05) is 152 Å². The van der Waals surface area contributed by atoms with Crippen molar-refractivity contribution in [3.63, 3.8) is 0 Å². The molecule has 12 aromatic rings. The van der Waals surface area contributed by atoms with Crippen LogP contribution in [0.1, 0.15) is 0 Å². The molecule has 0 unspecified atom stereocenters. The average Bonchev–Trinajstić information content (AvgIpc) is 3.98. The quantitative estimate of drug-likeness (QED) is 0.172. The maximum atomic E-state index is 6.60. The zero-order valence-electron chi connectivity index (χ0n) is 30.0. The first-order chi connectivity index (χ1) is 28.2. The van der Waals surface area contributed by atoms with Crippen molar-refractivity contribution in [1.29, 1.82) is 0 Å². The van der Waals surface area contributed by atoms with Crippen molar-refractivity contribution in [2.45, 2.75) is 0 Å². The summed E-state index contributed by atoms with van der Waals surface area (Å²) in [5, 5.41) is 4.66. The van der Waals surface area contributed by atoms with E-state index in [4.69, 9.17) is 38.2 Å². The van der Waals surface area contributed by atoms with E-state index in [-0.39, 0.29) is 0 Å². The minimum absolute atomic E-state index is 0.497. The van der Waals surface area contributed by atoms with Crippen molar-refractivity contribution in [1.82, 2.24) is 24.9 Å². The van der Waals surface area contributed by atoms with Crippen LogP contribution in [0.3, 0.4) is 0 Å². The van der Waals surface area contributed by atoms with Crippen molar-refractivity contribution >= 4 is 65.9 Å². The second-order valence-corrected chi connectivity index (χ2v) is 14.0. The van der Waals surface area contributed by atoms with E-state index in [9.17, 15) is 0 Å². The van der Waals surface area contributed by atoms with E-state index in [2.05, 4.69) is 12.1 Å². The van der Waals surface area contributed by atoms with Crippen LogP contribution in [0.5, 0.6) is 0 Å². The number of fused-ring (bicyclic) bond motifs is 9. The number of para-hydroxylation sites is 3. The highest BCUT2D eigenvalue weighted by atomic mass is 16.3. The molecule has 57 heavy (non-hydrogen) atoms. The summed E-state index contributed by atoms with van der Waals surface area (Å²) in [7, 11) is 0. The molecule has 8 nitrogen and oxygen atoms in total. The van der Waals surface area contributed by atoms with Crippen LogP contribution in [0, 0.1) is 0 Å². The number of benzene rings is 7. The lowest BCUT2D eigenvalue weighted by Crippen LogP contribution is -2.00. The number of nitrogens with zero attached hydrogens (tertiary/aromatic N) is 5. The van der Waals surface area contributed by atoms with Crippen LogP contribution in [0.15, 0.2) is 177 Å². The summed E-state index contributed by atoms with van der Waals surface area (Å²) < 4.78 is 19.5. The minimum atomic E-state index is 0.497. The van der Waals surface area contributed by atoms with Crippen molar-refractivity contribution in [3.8, 4) is 56.8 Å². The van der Waals surface area contributed by atoms with Crippen LogP contribution in [-0.4, -0.2) is 24.9 Å². The Morgan fingerprint density at radius 2 is 0.789 bits per heavy atom. The molecule has 0 aliphatic carbocycles. The molecule has 0 radical (unpaired) electrons. The molecule has 7 aromatic carbocycles. The maximum Gasteiger partial charge on any atom is 0.180 e. The molecular weight excluding hydrogens is 707 g/mol. The van der Waals surface area contributed by atoms with E-state index < -0.39 is 0 Å². The van der Waals surface area contributed by atoms with Crippen molar-refractivity contribution in [3.05, 3.63) is 164 Å². The smallest absolute Gasteiger partial charge is 0.180 e. The van der Waals surface area contributed by atoms with E-state index >= 15 is 0 Å². The Balaban J connectivity index is 1.13. The van der Waals surface area contributed by atoms with Gasteiger partial charge in [0.25, 0.3) is 0 Å². The first kappa shape index (κ1) is 31.4. The normalized spacial score (nSPS) is 11.9. The Bertz CT molecular complexity index is 3530. The van der Waals surface area contributed by atoms with Gasteiger partial charge in [-0.1, -0.05) is 127 Å². The lowest BCUT2D eigenvalue weighted by molar-refractivity contribution is 0.667. The van der Waals surface area contributed by atoms with Crippen LogP contribution in [0.25, 0.3) is 123 Å². The van der Waals surface area contributed by atoms with Crippen LogP contribution in [0.2, 0.25) is 0 Å². The number of hydrogen-bond donors (Lipinski definition) is 0. The monoisotopic (exact) mass is 733 g/mol. The molecule has 0 atom stereocenters. The Hall–Kier alpha value is -7.97. The zero-order chi connectivity index (χ0) is 37.5. The first-order valence-corrected chi connectivity index (χ1v) is 18.7. The van der Waals surface area contributed by atoms with Gasteiger partial charge in [-0.05, 0) is 36.4 Å². The molecule has 5 aromatic heterocycles. The third-order valence-corrected chi connectivity index (χ3v) is 10.6. The molecule has 5 heterocycles. The van der Waals surface area contributed by atoms with E-state index in [1.54, 1.807) is 0 Å². The fourth-order valence-corrected chi connectivity index (χ4v) is 8.00. The second kappa shape index (κ2) is 12.3. The fraction of sp³-hybridized carbons (Fsp3) is 0. The lowest BCUT2D eigenvalue weighted by atomic mass is 10.0. The van der Waals surface area contributed by atoms with Crippen LogP contribution in [0.4, 0.5) is 0 Å². The molecule has 0 saturated heterocycles. The highest BCUT2D eigenvalue weighted by Gasteiger charge is 2.24. The standard InChI is InChI=1S/C49H27N5O3/c1-3-14-28(15-4-1)42-45-43(32-19-8-10-25-37(32)57-45)51-47(50-42)33-21-12-26-38-40(33)41-34(22-13-27-39(41)55-38)48-52-46(29-16-5-2-6-17-29)53-49(54-48)35-23-11-20-31-30-18-7-9-24-36(30)56-44(31)35/h1-27H. The number of aromatic nitrogens is 5. The lowest BCUT2D eigenvalue weighted by Gasteiger charge is -2.10. The van der Waals surface area contributed by atoms with Gasteiger partial charge in [-0.25, -0.2) is 24.9 Å². The van der Waals surface area contributed by atoms with Gasteiger partial charge in [-0.2, -0.15) is 0 Å². The van der Waals surface area contributed by atoms with Crippen LogP contribution >= 0.6 is 0 Å². The minimum Gasteiger partial charge on any atom is -0.456 e. The number of hydrogen-bond acceptors (Lipinski definition) is 8. The van der Waals surface area contributed by atoms with Crippen LogP contribution in [-0.2, 0) is 0 Å². The third-order valence-electron chi connectivity index (χ3n) is 10.6. The van der Waals surface area contributed by atoms with E-state index in [0.29, 0.717) is 45.7 Å². The largest absolute Gasteiger partial charge is 0.456 e. The van der Waals surface area contributed by atoms with Crippen molar-refractivity contribution < 1.29 is 13.3 Å². The first-order valence-electron chi connectivity index (χ1n) is 18.7. The van der Waals surface area contributed by atoms with Gasteiger partial charge in [0.05, 0.1) is 5.56 Å². The Morgan fingerprint density at radius 3 is 1.51 bits per heavy atom. The van der Waals surface area contributed by atoms with Gasteiger partial charge in [-0.15, -0.1) is 0 Å². The van der Waals surface area contributed by atoms with Gasteiger partial charge in [-0.3, -0.25) is 0 Å². The molecule has 12 rings (SSSR count). The average molecular weight is 734 g/mol. The SMILES string of the molecule is c1ccc(-c2nc(-c3cccc4c3oc3ccccc34)nc(-c3cccc4oc5cccc(-c6nc(-c7ccccc7)c7oc8ccccc8c7n6)c5c34)n2)cc1. The molecule has 0 bridgehead atoms. The molecule has 0 spiro atoms. The van der Waals surface area contributed by atoms with E-state index in [1.165, 1.54) is 0 Å². The third kappa shape index (κ3) is 4.91. The Kier molecular flexibility index (Phi) is 6.76. The van der Waals surface area contributed by atoms with Gasteiger partial charge >= 0.3 is 0 Å². The Labute approximate surface area is 323 Å². The topological polar surface area (TPSA) is 104 Å². The summed E-state index contributed by atoms with van der Waals surface area (Å²) in [4.78, 5) is 25.9. The fourth-order valence-electron chi connectivity index (χ4n) is 8.00. The molecule has 0 N–H and O–H groups in total. The summed E-state index contributed by atoms with van der Waals surface area (Å²) in [6.45, 7) is 0. The van der Waals surface area contributed by atoms with E-state index in [0.717, 1.165) is 77.0 Å². The van der Waals surface area contributed by atoms with Gasteiger partial charge < -0.3 is 13.3 Å². The summed E-state index contributed by atoms with van der Waals surface area (Å²) in [5.74, 6) is 2.09. The van der Waals surface area contributed by atoms with Gasteiger partial charge in [0.2, 0.25) is 0 Å². The molecular formula is C49H27N5O3. The van der Waals surface area contributed by atoms with Crippen LogP contribution < -0.4 is 0 Å². The van der Waals surface area contributed by atoms with Gasteiger partial charge in [0.1, 0.15) is 39.1 Å². The number of furan rings is 3. The zero-order valence-corrected chi connectivity index (χ0v) is 30.0. The van der Waals surface area contributed by atoms with Crippen molar-refractivity contribution in [2.24, 2.45) is 0 Å². The highest BCUT2D eigenvalue weighted by molar-refractivity contribution is 6.18. The molecule has 0 saturated carbocycles. The molecule has 0 fully saturated rings.